The van der Waals surface area contributed by atoms with Crippen LogP contribution in [-0.2, 0) is 5.75 Å². The summed E-state index contributed by atoms with van der Waals surface area (Å²) in [5.41, 5.74) is 7.53. The van der Waals surface area contributed by atoms with Crippen molar-refractivity contribution in [2.75, 3.05) is 5.73 Å². The minimum atomic E-state index is 0.418. The highest BCUT2D eigenvalue weighted by atomic mass is 35.5. The Balaban J connectivity index is 1.69. The maximum atomic E-state index is 5.85. The number of anilines is 1. The molecule has 0 atom stereocenters. The summed E-state index contributed by atoms with van der Waals surface area (Å²) in [6.45, 7) is 0. The topological polar surface area (TPSA) is 77.8 Å². The molecule has 0 spiro atoms. The van der Waals surface area contributed by atoms with E-state index in [-0.39, 0.29) is 0 Å². The number of nitrogens with two attached hydrogens (primary N) is 1. The molecule has 0 aliphatic rings. The SMILES string of the molecule is Nc1cc(-c2nnc(SCc3ccc(Cl)cc3)o2)ccn1. The fraction of sp³-hybridized carbons (Fsp3) is 0.0714. The number of thioether (sulfide) groups is 1. The lowest BCUT2D eigenvalue weighted by Gasteiger charge is -1.98. The van der Waals surface area contributed by atoms with Gasteiger partial charge in [-0.2, -0.15) is 0 Å². The number of pyridine rings is 1. The van der Waals surface area contributed by atoms with Crippen LogP contribution in [0.5, 0.6) is 0 Å². The van der Waals surface area contributed by atoms with Gasteiger partial charge >= 0.3 is 0 Å². The van der Waals surface area contributed by atoms with Crippen LogP contribution in [0.1, 0.15) is 5.56 Å². The number of hydrogen-bond acceptors (Lipinski definition) is 6. The lowest BCUT2D eigenvalue weighted by molar-refractivity contribution is 0.466. The molecule has 21 heavy (non-hydrogen) atoms. The Labute approximate surface area is 130 Å². The van der Waals surface area contributed by atoms with Gasteiger partial charge in [0.05, 0.1) is 0 Å². The van der Waals surface area contributed by atoms with Gasteiger partial charge in [0.15, 0.2) is 0 Å². The third-order valence-corrected chi connectivity index (χ3v) is 3.85. The second-order valence-corrected chi connectivity index (χ2v) is 5.62. The molecule has 0 aliphatic heterocycles. The number of nitrogens with zero attached hydrogens (tertiary/aromatic N) is 3. The van der Waals surface area contributed by atoms with E-state index in [0.717, 1.165) is 21.9 Å². The predicted octanol–water partition coefficient (Wildman–Crippen LogP) is 3.66. The molecular weight excluding hydrogens is 308 g/mol. The van der Waals surface area contributed by atoms with Crippen LogP contribution < -0.4 is 5.73 Å². The lowest BCUT2D eigenvalue weighted by Crippen LogP contribution is -1.89. The normalized spacial score (nSPS) is 10.7. The summed E-state index contributed by atoms with van der Waals surface area (Å²) in [7, 11) is 0. The molecule has 2 aromatic heterocycles. The highest BCUT2D eigenvalue weighted by Gasteiger charge is 2.09. The highest BCUT2D eigenvalue weighted by Crippen LogP contribution is 2.26. The van der Waals surface area contributed by atoms with Crippen LogP contribution in [0.4, 0.5) is 5.82 Å². The van der Waals surface area contributed by atoms with Crippen LogP contribution >= 0.6 is 23.4 Å². The minimum Gasteiger partial charge on any atom is -0.411 e. The zero-order chi connectivity index (χ0) is 14.7. The van der Waals surface area contributed by atoms with E-state index in [9.17, 15) is 0 Å². The Bertz CT molecular complexity index is 745. The second kappa shape index (κ2) is 6.15. The smallest absolute Gasteiger partial charge is 0.277 e. The van der Waals surface area contributed by atoms with Crippen molar-refractivity contribution >= 4 is 29.2 Å². The van der Waals surface area contributed by atoms with E-state index in [1.807, 2.05) is 24.3 Å². The zero-order valence-corrected chi connectivity index (χ0v) is 12.4. The lowest BCUT2D eigenvalue weighted by atomic mass is 10.2. The van der Waals surface area contributed by atoms with Gasteiger partial charge < -0.3 is 10.2 Å². The van der Waals surface area contributed by atoms with Gasteiger partial charge in [-0.05, 0) is 29.8 Å². The van der Waals surface area contributed by atoms with E-state index >= 15 is 0 Å². The third kappa shape index (κ3) is 3.53. The van der Waals surface area contributed by atoms with E-state index < -0.39 is 0 Å². The molecular formula is C14H11ClN4OS. The van der Waals surface area contributed by atoms with Gasteiger partial charge in [-0.3, -0.25) is 0 Å². The Kier molecular flexibility index (Phi) is 4.08. The number of hydrogen-bond donors (Lipinski definition) is 1. The molecule has 2 N–H and O–H groups in total. The largest absolute Gasteiger partial charge is 0.411 e. The van der Waals surface area contributed by atoms with Gasteiger partial charge in [0.1, 0.15) is 5.82 Å². The Morgan fingerprint density at radius 3 is 2.71 bits per heavy atom. The Morgan fingerprint density at radius 1 is 1.14 bits per heavy atom. The van der Waals surface area contributed by atoms with Gasteiger partial charge in [0.25, 0.3) is 5.22 Å². The number of aromatic nitrogens is 3. The van der Waals surface area contributed by atoms with E-state index in [1.165, 1.54) is 11.8 Å². The van der Waals surface area contributed by atoms with E-state index in [4.69, 9.17) is 21.8 Å². The first-order valence-corrected chi connectivity index (χ1v) is 7.50. The summed E-state index contributed by atoms with van der Waals surface area (Å²) in [6.07, 6.45) is 1.61. The minimum absolute atomic E-state index is 0.418. The second-order valence-electron chi connectivity index (χ2n) is 4.26. The van der Waals surface area contributed by atoms with Crippen LogP contribution in [0.2, 0.25) is 5.02 Å². The maximum absolute atomic E-state index is 5.85. The van der Waals surface area contributed by atoms with Gasteiger partial charge in [0.2, 0.25) is 5.89 Å². The molecule has 0 aliphatic carbocycles. The molecule has 0 saturated carbocycles. The fourth-order valence-corrected chi connectivity index (χ4v) is 2.54. The molecule has 7 heteroatoms. The van der Waals surface area contributed by atoms with Gasteiger partial charge in [-0.15, -0.1) is 10.2 Å². The molecule has 0 radical (unpaired) electrons. The molecule has 0 fully saturated rings. The van der Waals surface area contributed by atoms with Crippen LogP contribution in [0, 0.1) is 0 Å². The van der Waals surface area contributed by atoms with Crippen molar-refractivity contribution in [1.82, 2.24) is 15.2 Å². The Hall–Kier alpha value is -2.05. The van der Waals surface area contributed by atoms with E-state index in [0.29, 0.717) is 16.9 Å². The van der Waals surface area contributed by atoms with Crippen molar-refractivity contribution in [3.8, 4) is 11.5 Å². The monoisotopic (exact) mass is 318 g/mol. The summed E-state index contributed by atoms with van der Waals surface area (Å²) in [6, 6.07) is 11.1. The predicted molar refractivity (Wildman–Crippen MR) is 83.0 cm³/mol. The fourth-order valence-electron chi connectivity index (χ4n) is 1.69. The summed E-state index contributed by atoms with van der Waals surface area (Å²) in [5, 5.41) is 9.26. The molecule has 3 aromatic rings. The highest BCUT2D eigenvalue weighted by molar-refractivity contribution is 7.98. The van der Waals surface area contributed by atoms with E-state index in [2.05, 4.69) is 15.2 Å². The van der Waals surface area contributed by atoms with Gasteiger partial charge in [-0.1, -0.05) is 35.5 Å². The average Bonchev–Trinajstić information content (AvgIpc) is 2.96. The van der Waals surface area contributed by atoms with Crippen LogP contribution in [0.3, 0.4) is 0 Å². The maximum Gasteiger partial charge on any atom is 0.277 e. The quantitative estimate of drug-likeness (QED) is 0.740. The first-order chi connectivity index (χ1) is 10.2. The summed E-state index contributed by atoms with van der Waals surface area (Å²) < 4.78 is 5.60. The number of benzene rings is 1. The van der Waals surface area contributed by atoms with Crippen LogP contribution in [-0.4, -0.2) is 15.2 Å². The molecule has 2 heterocycles. The van der Waals surface area contributed by atoms with Crippen molar-refractivity contribution < 1.29 is 4.42 Å². The number of halogens is 1. The van der Waals surface area contributed by atoms with Crippen LogP contribution in [0.25, 0.3) is 11.5 Å². The van der Waals surface area contributed by atoms with Crippen molar-refractivity contribution in [1.29, 1.82) is 0 Å². The first kappa shape index (κ1) is 13.9. The molecule has 0 bridgehead atoms. The van der Waals surface area contributed by atoms with Gasteiger partial charge in [-0.25, -0.2) is 4.98 Å². The van der Waals surface area contributed by atoms with Crippen molar-refractivity contribution in [2.24, 2.45) is 0 Å². The van der Waals surface area contributed by atoms with Crippen molar-refractivity contribution in [3.63, 3.8) is 0 Å². The molecule has 3 rings (SSSR count). The number of nitrogen functional groups attached to an aromatic ring is 1. The summed E-state index contributed by atoms with van der Waals surface area (Å²) in [4.78, 5) is 3.93. The van der Waals surface area contributed by atoms with E-state index in [1.54, 1.807) is 18.3 Å². The first-order valence-electron chi connectivity index (χ1n) is 6.13. The summed E-state index contributed by atoms with van der Waals surface area (Å²) in [5.74, 6) is 1.58. The molecule has 106 valence electrons. The Morgan fingerprint density at radius 2 is 1.95 bits per heavy atom. The standard InChI is InChI=1S/C14H11ClN4OS/c15-11-3-1-9(2-4-11)8-21-14-19-18-13(20-14)10-5-6-17-12(16)7-10/h1-7H,8H2,(H2,16,17). The average molecular weight is 319 g/mol. The van der Waals surface area contributed by atoms with Crippen molar-refractivity contribution in [2.45, 2.75) is 11.0 Å². The molecule has 0 amide bonds. The third-order valence-electron chi connectivity index (χ3n) is 2.71. The molecule has 1 aromatic carbocycles. The van der Waals surface area contributed by atoms with Crippen molar-refractivity contribution in [3.05, 3.63) is 53.2 Å². The van der Waals surface area contributed by atoms with Crippen LogP contribution in [0.15, 0.2) is 52.2 Å². The zero-order valence-electron chi connectivity index (χ0n) is 10.9. The molecule has 0 unspecified atom stereocenters. The molecule has 0 saturated heterocycles. The molecule has 5 nitrogen and oxygen atoms in total. The summed E-state index contributed by atoms with van der Waals surface area (Å²) >= 11 is 7.32. The number of rotatable bonds is 4. The van der Waals surface area contributed by atoms with Gasteiger partial charge in [0, 0.05) is 22.5 Å².